The summed E-state index contributed by atoms with van der Waals surface area (Å²) in [6, 6.07) is 14.9. The zero-order valence-electron chi connectivity index (χ0n) is 15.4. The lowest BCUT2D eigenvalue weighted by molar-refractivity contribution is 0.831. The molecule has 144 valence electrons. The lowest BCUT2D eigenvalue weighted by atomic mass is 10.1. The molecule has 0 aliphatic carbocycles. The minimum Gasteiger partial charge on any atom is -0.398 e. The largest absolute Gasteiger partial charge is 0.398 e. The number of halogens is 1. The van der Waals surface area contributed by atoms with E-state index in [1.165, 1.54) is 10.7 Å². The Morgan fingerprint density at radius 1 is 1.10 bits per heavy atom. The topological polar surface area (TPSA) is 106 Å². The van der Waals surface area contributed by atoms with E-state index in [1.54, 1.807) is 61.8 Å². The molecular formula is C21H16ClN5O2. The number of rotatable bonds is 3. The first-order valence-corrected chi connectivity index (χ1v) is 9.10. The van der Waals surface area contributed by atoms with Gasteiger partial charge in [0.25, 0.3) is 5.56 Å². The van der Waals surface area contributed by atoms with Gasteiger partial charge in [-0.25, -0.2) is 0 Å². The number of pyridine rings is 1. The van der Waals surface area contributed by atoms with Gasteiger partial charge < -0.3 is 10.7 Å². The van der Waals surface area contributed by atoms with Crippen LogP contribution in [0.3, 0.4) is 0 Å². The third kappa shape index (κ3) is 3.43. The molecule has 0 radical (unpaired) electrons. The van der Waals surface area contributed by atoms with E-state index in [2.05, 4.69) is 15.1 Å². The Kier molecular flexibility index (Phi) is 4.74. The molecule has 2 aromatic heterocycles. The molecule has 0 unspecified atom stereocenters. The highest BCUT2D eigenvalue weighted by molar-refractivity contribution is 6.30. The molecule has 0 bridgehead atoms. The third-order valence-corrected chi connectivity index (χ3v) is 4.73. The summed E-state index contributed by atoms with van der Waals surface area (Å²) in [7, 11) is 1.64. The minimum atomic E-state index is -0.383. The quantitative estimate of drug-likeness (QED) is 0.403. The van der Waals surface area contributed by atoms with Crippen LogP contribution in [0.2, 0.25) is 5.02 Å². The highest BCUT2D eigenvalue weighted by Gasteiger charge is 2.16. The van der Waals surface area contributed by atoms with Crippen LogP contribution in [0.4, 0.5) is 5.69 Å². The molecule has 4 rings (SSSR count). The number of aromatic amines is 1. The van der Waals surface area contributed by atoms with E-state index in [0.717, 1.165) is 0 Å². The lowest BCUT2D eigenvalue weighted by Crippen LogP contribution is -2.24. The molecule has 0 saturated heterocycles. The average Bonchev–Trinajstić information content (AvgIpc) is 2.71. The number of fused-ring (bicyclic) bond motifs is 1. The maximum atomic E-state index is 13.4. The summed E-state index contributed by atoms with van der Waals surface area (Å²) >= 11 is 5.99. The molecule has 4 aromatic rings. The second-order valence-electron chi connectivity index (χ2n) is 6.38. The maximum Gasteiger partial charge on any atom is 0.281 e. The lowest BCUT2D eigenvalue weighted by Gasteiger charge is -2.12. The highest BCUT2D eigenvalue weighted by atomic mass is 35.5. The van der Waals surface area contributed by atoms with Crippen LogP contribution < -0.4 is 16.9 Å². The Labute approximate surface area is 170 Å². The molecule has 0 aliphatic rings. The van der Waals surface area contributed by atoms with Crippen molar-refractivity contribution in [2.24, 2.45) is 4.99 Å². The highest BCUT2D eigenvalue weighted by Crippen LogP contribution is 2.24. The second-order valence-corrected chi connectivity index (χ2v) is 6.82. The van der Waals surface area contributed by atoms with Crippen molar-refractivity contribution in [2.45, 2.75) is 0 Å². The van der Waals surface area contributed by atoms with E-state index >= 15 is 0 Å². The normalized spacial score (nSPS) is 11.4. The fourth-order valence-electron chi connectivity index (χ4n) is 3.11. The van der Waals surface area contributed by atoms with E-state index in [-0.39, 0.29) is 11.1 Å². The van der Waals surface area contributed by atoms with Crippen molar-refractivity contribution >= 4 is 34.5 Å². The molecule has 0 spiro atoms. The maximum absolute atomic E-state index is 13.4. The van der Waals surface area contributed by atoms with Crippen molar-refractivity contribution in [3.63, 3.8) is 0 Å². The van der Waals surface area contributed by atoms with E-state index in [0.29, 0.717) is 44.1 Å². The first kappa shape index (κ1) is 18.6. The van der Waals surface area contributed by atoms with Crippen molar-refractivity contribution in [2.75, 3.05) is 12.8 Å². The van der Waals surface area contributed by atoms with Crippen LogP contribution >= 0.6 is 11.6 Å². The predicted molar refractivity (Wildman–Crippen MR) is 116 cm³/mol. The summed E-state index contributed by atoms with van der Waals surface area (Å²) < 4.78 is 1.29. The van der Waals surface area contributed by atoms with E-state index in [4.69, 9.17) is 17.3 Å². The summed E-state index contributed by atoms with van der Waals surface area (Å²) in [5.41, 5.74) is 8.80. The van der Waals surface area contributed by atoms with Crippen LogP contribution in [-0.2, 0) is 0 Å². The number of hydrogen-bond donors (Lipinski definition) is 2. The molecule has 2 heterocycles. The Morgan fingerprint density at radius 2 is 1.86 bits per heavy atom. The van der Waals surface area contributed by atoms with Gasteiger partial charge in [-0.15, -0.1) is 0 Å². The number of benzene rings is 2. The molecule has 29 heavy (non-hydrogen) atoms. The van der Waals surface area contributed by atoms with Gasteiger partial charge in [0.1, 0.15) is 5.52 Å². The summed E-state index contributed by atoms with van der Waals surface area (Å²) in [5, 5.41) is 4.99. The number of nitrogen functional groups attached to an aromatic ring is 1. The molecular weight excluding hydrogens is 390 g/mol. The Balaban J connectivity index is 2.07. The fourth-order valence-corrected chi connectivity index (χ4v) is 3.24. The summed E-state index contributed by atoms with van der Waals surface area (Å²) in [6.45, 7) is 0. The molecule has 7 nitrogen and oxygen atoms in total. The molecule has 0 atom stereocenters. The smallest absolute Gasteiger partial charge is 0.281 e. The molecule has 0 aliphatic heterocycles. The summed E-state index contributed by atoms with van der Waals surface area (Å²) in [4.78, 5) is 32.0. The van der Waals surface area contributed by atoms with Crippen LogP contribution in [0.15, 0.2) is 69.2 Å². The van der Waals surface area contributed by atoms with Crippen LogP contribution in [0.25, 0.3) is 27.8 Å². The van der Waals surface area contributed by atoms with Crippen LogP contribution in [0.1, 0.15) is 5.56 Å². The van der Waals surface area contributed by atoms with E-state index in [9.17, 15) is 9.59 Å². The van der Waals surface area contributed by atoms with E-state index in [1.807, 2.05) is 0 Å². The van der Waals surface area contributed by atoms with E-state index < -0.39 is 0 Å². The molecule has 3 N–H and O–H groups in total. The number of H-pyrrole nitrogens is 1. The number of aliphatic imine (C=N–C) groups is 1. The first-order chi connectivity index (χ1) is 14.0. The molecule has 2 aromatic carbocycles. The van der Waals surface area contributed by atoms with Crippen LogP contribution in [0.5, 0.6) is 0 Å². The number of anilines is 1. The number of nitrogens with zero attached hydrogens (tertiary/aromatic N) is 3. The molecule has 0 amide bonds. The predicted octanol–water partition coefficient (Wildman–Crippen LogP) is 3.03. The number of hydrogen-bond acceptors (Lipinski definition) is 5. The fraction of sp³-hybridized carbons (Fsp3) is 0.0476. The third-order valence-electron chi connectivity index (χ3n) is 4.48. The van der Waals surface area contributed by atoms with Crippen molar-refractivity contribution in [3.8, 4) is 16.8 Å². The monoisotopic (exact) mass is 405 g/mol. The van der Waals surface area contributed by atoms with Crippen molar-refractivity contribution in [1.29, 1.82) is 0 Å². The van der Waals surface area contributed by atoms with Crippen molar-refractivity contribution in [1.82, 2.24) is 14.8 Å². The number of aromatic nitrogens is 3. The van der Waals surface area contributed by atoms with Gasteiger partial charge in [0.05, 0.1) is 16.8 Å². The summed E-state index contributed by atoms with van der Waals surface area (Å²) in [6.07, 6.45) is 1.61. The average molecular weight is 406 g/mol. The van der Waals surface area contributed by atoms with Crippen LogP contribution in [-0.4, -0.2) is 28.0 Å². The van der Waals surface area contributed by atoms with Gasteiger partial charge in [-0.3, -0.25) is 14.6 Å². The van der Waals surface area contributed by atoms with Gasteiger partial charge in [-0.2, -0.15) is 9.78 Å². The van der Waals surface area contributed by atoms with Gasteiger partial charge in [-0.05, 0) is 42.0 Å². The van der Waals surface area contributed by atoms with Gasteiger partial charge >= 0.3 is 0 Å². The Hall–Kier alpha value is -3.71. The first-order valence-electron chi connectivity index (χ1n) is 8.72. The van der Waals surface area contributed by atoms with Gasteiger partial charge in [0, 0.05) is 35.6 Å². The van der Waals surface area contributed by atoms with Crippen molar-refractivity contribution < 1.29 is 0 Å². The zero-order valence-corrected chi connectivity index (χ0v) is 16.1. The number of nitrogens with one attached hydrogen (secondary N) is 1. The SMILES string of the molecule is CN=Cc1cc(-n2nc3ccc(=O)[nH]c3c(-c3ccc(Cl)cc3)c2=O)ccc1N. The molecule has 0 fully saturated rings. The van der Waals surface area contributed by atoms with Gasteiger partial charge in [-0.1, -0.05) is 23.7 Å². The zero-order chi connectivity index (χ0) is 20.5. The standard InChI is InChI=1S/C21H16ClN5O2/c1-24-11-13-10-15(6-7-16(13)23)27-21(29)19(12-2-4-14(22)5-3-12)20-17(26-27)8-9-18(28)25-20/h2-11H,23H2,1H3,(H,25,28). The second kappa shape index (κ2) is 7.37. The number of nitrogens with two attached hydrogens (primary N) is 1. The Morgan fingerprint density at radius 3 is 2.59 bits per heavy atom. The molecule has 8 heteroatoms. The van der Waals surface area contributed by atoms with Gasteiger partial charge in [0.15, 0.2) is 0 Å². The van der Waals surface area contributed by atoms with Crippen molar-refractivity contribution in [3.05, 3.63) is 85.9 Å². The minimum absolute atomic E-state index is 0.319. The van der Waals surface area contributed by atoms with Crippen LogP contribution in [0, 0.1) is 0 Å². The molecule has 0 saturated carbocycles. The summed E-state index contributed by atoms with van der Waals surface area (Å²) in [5.74, 6) is 0. The van der Waals surface area contributed by atoms with Gasteiger partial charge in [0.2, 0.25) is 5.56 Å². The Bertz CT molecular complexity index is 1370.